The van der Waals surface area contributed by atoms with E-state index in [9.17, 15) is 0 Å². The summed E-state index contributed by atoms with van der Waals surface area (Å²) in [6.45, 7) is 6.55. The van der Waals surface area contributed by atoms with Gasteiger partial charge in [0.2, 0.25) is 0 Å². The zero-order valence-corrected chi connectivity index (χ0v) is 18.5. The summed E-state index contributed by atoms with van der Waals surface area (Å²) in [5.41, 5.74) is 3.33. The second-order valence-electron chi connectivity index (χ2n) is 7.10. The lowest BCUT2D eigenvalue weighted by atomic mass is 10.1. The number of hydrogen-bond acceptors (Lipinski definition) is 4. The van der Waals surface area contributed by atoms with E-state index in [1.165, 1.54) is 12.8 Å². The van der Waals surface area contributed by atoms with Crippen LogP contribution in [0.25, 0.3) is 11.3 Å². The minimum absolute atomic E-state index is 0.865. The first kappa shape index (κ1) is 21.3. The SMILES string of the molecule is CCCCN(CCCC)c1cc(-c2cnc[nH]2)cc(SC)c1Oc1ccccc1. The molecule has 1 N–H and O–H groups in total. The van der Waals surface area contributed by atoms with E-state index in [-0.39, 0.29) is 0 Å². The van der Waals surface area contributed by atoms with Crippen LogP contribution in [0.5, 0.6) is 11.5 Å². The largest absolute Gasteiger partial charge is 0.454 e. The van der Waals surface area contributed by atoms with Gasteiger partial charge in [0.05, 0.1) is 28.8 Å². The van der Waals surface area contributed by atoms with Crippen LogP contribution >= 0.6 is 11.8 Å². The number of aromatic nitrogens is 2. The van der Waals surface area contributed by atoms with Crippen LogP contribution in [-0.2, 0) is 0 Å². The zero-order valence-electron chi connectivity index (χ0n) is 17.6. The number of ether oxygens (including phenoxy) is 1. The van der Waals surface area contributed by atoms with Crippen molar-refractivity contribution < 1.29 is 4.74 Å². The Hall–Kier alpha value is -2.40. The average Bonchev–Trinajstić information content (AvgIpc) is 3.30. The fourth-order valence-corrected chi connectivity index (χ4v) is 3.88. The molecule has 3 rings (SSSR count). The molecule has 0 radical (unpaired) electrons. The summed E-state index contributed by atoms with van der Waals surface area (Å²) < 4.78 is 6.46. The molecule has 4 nitrogen and oxygen atoms in total. The van der Waals surface area contributed by atoms with Crippen molar-refractivity contribution in [3.05, 3.63) is 55.0 Å². The minimum Gasteiger partial charge on any atom is -0.454 e. The first-order chi connectivity index (χ1) is 14.3. The maximum atomic E-state index is 6.46. The van der Waals surface area contributed by atoms with Crippen molar-refractivity contribution in [2.24, 2.45) is 0 Å². The van der Waals surface area contributed by atoms with Crippen LogP contribution in [0.1, 0.15) is 39.5 Å². The maximum absolute atomic E-state index is 6.46. The molecule has 1 aromatic heterocycles. The van der Waals surface area contributed by atoms with Crippen LogP contribution in [0.3, 0.4) is 0 Å². The van der Waals surface area contributed by atoms with Gasteiger partial charge in [0.15, 0.2) is 5.75 Å². The smallest absolute Gasteiger partial charge is 0.164 e. The lowest BCUT2D eigenvalue weighted by Crippen LogP contribution is -2.26. The molecule has 0 fully saturated rings. The number of thioether (sulfide) groups is 1. The Morgan fingerprint density at radius 2 is 1.76 bits per heavy atom. The molecule has 0 amide bonds. The van der Waals surface area contributed by atoms with Crippen molar-refractivity contribution in [2.75, 3.05) is 24.2 Å². The number of unbranched alkanes of at least 4 members (excludes halogenated alkanes) is 2. The fraction of sp³-hybridized carbons (Fsp3) is 0.375. The molecule has 0 atom stereocenters. The average molecular weight is 410 g/mol. The molecule has 1 heterocycles. The van der Waals surface area contributed by atoms with Crippen molar-refractivity contribution in [1.82, 2.24) is 9.97 Å². The van der Waals surface area contributed by atoms with Crippen molar-refractivity contribution in [3.63, 3.8) is 0 Å². The van der Waals surface area contributed by atoms with Gasteiger partial charge >= 0.3 is 0 Å². The second-order valence-corrected chi connectivity index (χ2v) is 7.95. The molecule has 0 saturated carbocycles. The van der Waals surface area contributed by atoms with Crippen LogP contribution in [0.2, 0.25) is 0 Å². The third-order valence-electron chi connectivity index (χ3n) is 4.93. The van der Waals surface area contributed by atoms with E-state index < -0.39 is 0 Å². The highest BCUT2D eigenvalue weighted by molar-refractivity contribution is 7.98. The second kappa shape index (κ2) is 11.0. The lowest BCUT2D eigenvalue weighted by molar-refractivity contribution is 0.469. The highest BCUT2D eigenvalue weighted by atomic mass is 32.2. The molecule has 0 bridgehead atoms. The van der Waals surface area contributed by atoms with E-state index in [1.807, 2.05) is 36.5 Å². The third kappa shape index (κ3) is 5.57. The Kier molecular flexibility index (Phi) is 8.05. The molecular weight excluding hydrogens is 378 g/mol. The van der Waals surface area contributed by atoms with Crippen LogP contribution in [-0.4, -0.2) is 29.3 Å². The summed E-state index contributed by atoms with van der Waals surface area (Å²) in [5, 5.41) is 0. The molecule has 0 aliphatic carbocycles. The van der Waals surface area contributed by atoms with E-state index in [1.54, 1.807) is 18.1 Å². The summed E-state index contributed by atoms with van der Waals surface area (Å²) in [5.74, 6) is 1.81. The number of nitrogens with one attached hydrogen (secondary N) is 1. The summed E-state index contributed by atoms with van der Waals surface area (Å²) in [6, 6.07) is 14.5. The molecule has 29 heavy (non-hydrogen) atoms. The predicted octanol–water partition coefficient (Wildman–Crippen LogP) is 7.00. The standard InChI is InChI=1S/C24H31N3OS/c1-4-6-13-27(14-7-5-2)22-15-19(21-17-25-18-26-21)16-23(29-3)24(22)28-20-11-9-8-10-12-20/h8-12,15-18H,4-7,13-14H2,1-3H3,(H,25,26). The van der Waals surface area contributed by atoms with Crippen molar-refractivity contribution in [2.45, 2.75) is 44.4 Å². The van der Waals surface area contributed by atoms with Crippen molar-refractivity contribution >= 4 is 17.4 Å². The van der Waals surface area contributed by atoms with Gasteiger partial charge in [-0.2, -0.15) is 0 Å². The van der Waals surface area contributed by atoms with Crippen LogP contribution in [0.15, 0.2) is 59.9 Å². The molecule has 0 saturated heterocycles. The molecule has 3 aromatic rings. The molecule has 2 aromatic carbocycles. The van der Waals surface area contributed by atoms with Gasteiger partial charge in [0.25, 0.3) is 0 Å². The Balaban J connectivity index is 2.09. The van der Waals surface area contributed by atoms with Gasteiger partial charge in [-0.1, -0.05) is 44.9 Å². The number of nitrogens with zero attached hydrogens (tertiary/aromatic N) is 2. The Labute approximate surface area is 178 Å². The van der Waals surface area contributed by atoms with Crippen LogP contribution < -0.4 is 9.64 Å². The molecular formula is C24H31N3OS. The molecule has 0 aliphatic rings. The quantitative estimate of drug-likeness (QED) is 0.346. The molecule has 0 spiro atoms. The monoisotopic (exact) mass is 409 g/mol. The van der Waals surface area contributed by atoms with Gasteiger partial charge in [0.1, 0.15) is 5.75 Å². The van der Waals surface area contributed by atoms with Crippen molar-refractivity contribution in [3.8, 4) is 22.8 Å². The highest BCUT2D eigenvalue weighted by Crippen LogP contribution is 2.43. The van der Waals surface area contributed by atoms with Gasteiger partial charge in [-0.25, -0.2) is 4.98 Å². The Morgan fingerprint density at radius 1 is 1.03 bits per heavy atom. The third-order valence-corrected chi connectivity index (χ3v) is 5.67. The lowest BCUT2D eigenvalue weighted by Gasteiger charge is -2.28. The van der Waals surface area contributed by atoms with E-state index in [0.717, 1.165) is 59.3 Å². The van der Waals surface area contributed by atoms with Gasteiger partial charge in [-0.05, 0) is 43.4 Å². The van der Waals surface area contributed by atoms with E-state index in [0.29, 0.717) is 0 Å². The highest BCUT2D eigenvalue weighted by Gasteiger charge is 2.19. The fourth-order valence-electron chi connectivity index (χ4n) is 3.30. The topological polar surface area (TPSA) is 41.2 Å². The van der Waals surface area contributed by atoms with Gasteiger partial charge in [-0.3, -0.25) is 0 Å². The van der Waals surface area contributed by atoms with Gasteiger partial charge < -0.3 is 14.6 Å². The number of hydrogen-bond donors (Lipinski definition) is 1. The predicted molar refractivity (Wildman–Crippen MR) is 124 cm³/mol. The number of H-pyrrole nitrogens is 1. The molecule has 0 unspecified atom stereocenters. The molecule has 5 heteroatoms. The van der Waals surface area contributed by atoms with Gasteiger partial charge in [0, 0.05) is 18.7 Å². The summed E-state index contributed by atoms with van der Waals surface area (Å²) in [7, 11) is 0. The Morgan fingerprint density at radius 3 is 2.34 bits per heavy atom. The summed E-state index contributed by atoms with van der Waals surface area (Å²) in [6.07, 6.45) is 10.4. The van der Waals surface area contributed by atoms with E-state index in [4.69, 9.17) is 4.74 Å². The number of anilines is 1. The Bertz CT molecular complexity index is 857. The molecule has 154 valence electrons. The van der Waals surface area contributed by atoms with E-state index in [2.05, 4.69) is 47.1 Å². The number of para-hydroxylation sites is 1. The number of imidazole rings is 1. The van der Waals surface area contributed by atoms with Crippen molar-refractivity contribution in [1.29, 1.82) is 0 Å². The number of benzene rings is 2. The first-order valence-electron chi connectivity index (χ1n) is 10.5. The first-order valence-corrected chi connectivity index (χ1v) is 11.7. The van der Waals surface area contributed by atoms with E-state index >= 15 is 0 Å². The van der Waals surface area contributed by atoms with Gasteiger partial charge in [-0.15, -0.1) is 11.8 Å². The maximum Gasteiger partial charge on any atom is 0.164 e. The molecule has 0 aliphatic heterocycles. The minimum atomic E-state index is 0.865. The zero-order chi connectivity index (χ0) is 20.5. The number of rotatable bonds is 11. The summed E-state index contributed by atoms with van der Waals surface area (Å²) >= 11 is 1.72. The number of aromatic amines is 1. The van der Waals surface area contributed by atoms with Crippen LogP contribution in [0.4, 0.5) is 5.69 Å². The van der Waals surface area contributed by atoms with Crippen LogP contribution in [0, 0.1) is 0 Å². The summed E-state index contributed by atoms with van der Waals surface area (Å²) in [4.78, 5) is 11.1. The normalized spacial score (nSPS) is 10.9.